The molecule has 5 N–H and O–H groups in total. The smallest absolute Gasteiger partial charge is 0.280 e. The van der Waals surface area contributed by atoms with E-state index in [1.165, 1.54) is 6.20 Å². The van der Waals surface area contributed by atoms with Crippen LogP contribution in [-0.4, -0.2) is 41.5 Å². The summed E-state index contributed by atoms with van der Waals surface area (Å²) in [6.07, 6.45) is 3.25. The number of pyridine rings is 1. The Bertz CT molecular complexity index is 512. The summed E-state index contributed by atoms with van der Waals surface area (Å²) in [4.78, 5) is 26.8. The normalized spacial score (nSPS) is 15.8. The van der Waals surface area contributed by atoms with Gasteiger partial charge in [-0.1, -0.05) is 0 Å². The van der Waals surface area contributed by atoms with Crippen molar-refractivity contribution in [3.05, 3.63) is 23.5 Å². The summed E-state index contributed by atoms with van der Waals surface area (Å²) in [5.74, 6) is -1.30. The van der Waals surface area contributed by atoms with Crippen molar-refractivity contribution in [2.24, 2.45) is 5.73 Å². The third-order valence-electron chi connectivity index (χ3n) is 3.39. The van der Waals surface area contributed by atoms with Crippen LogP contribution in [0.5, 0.6) is 5.75 Å². The fraction of sp³-hybridized carbons (Fsp3) is 0.462. The molecule has 0 unspecified atom stereocenters. The second kappa shape index (κ2) is 6.44. The van der Waals surface area contributed by atoms with Crippen molar-refractivity contribution < 1.29 is 14.7 Å². The van der Waals surface area contributed by atoms with Crippen molar-refractivity contribution in [3.63, 3.8) is 0 Å². The third kappa shape index (κ3) is 3.12. The Kier molecular flexibility index (Phi) is 4.65. The Morgan fingerprint density at radius 1 is 1.45 bits per heavy atom. The third-order valence-corrected chi connectivity index (χ3v) is 3.39. The molecule has 1 aromatic rings. The maximum Gasteiger partial charge on any atom is 0.280 e. The van der Waals surface area contributed by atoms with Gasteiger partial charge in [0.05, 0.1) is 6.54 Å². The van der Waals surface area contributed by atoms with Gasteiger partial charge < -0.3 is 16.2 Å². The van der Waals surface area contributed by atoms with E-state index in [-0.39, 0.29) is 23.9 Å². The SMILES string of the molecule is NCC(=O)NC(=O)c1nccc(C2CCNCC2)c1O. The van der Waals surface area contributed by atoms with Crippen LogP contribution < -0.4 is 16.4 Å². The fourth-order valence-corrected chi connectivity index (χ4v) is 2.33. The molecule has 2 rings (SSSR count). The van der Waals surface area contributed by atoms with Crippen molar-refractivity contribution in [2.75, 3.05) is 19.6 Å². The van der Waals surface area contributed by atoms with Crippen LogP contribution in [0.3, 0.4) is 0 Å². The van der Waals surface area contributed by atoms with Crippen molar-refractivity contribution in [2.45, 2.75) is 18.8 Å². The number of piperidine rings is 1. The van der Waals surface area contributed by atoms with E-state index in [0.29, 0.717) is 5.56 Å². The van der Waals surface area contributed by atoms with E-state index in [0.717, 1.165) is 25.9 Å². The maximum absolute atomic E-state index is 11.8. The number of aromatic hydroxyl groups is 1. The Balaban J connectivity index is 2.22. The van der Waals surface area contributed by atoms with Gasteiger partial charge in [0.1, 0.15) is 5.75 Å². The van der Waals surface area contributed by atoms with Crippen LogP contribution in [-0.2, 0) is 4.79 Å². The molecule has 0 aromatic carbocycles. The van der Waals surface area contributed by atoms with Crippen molar-refractivity contribution in [1.29, 1.82) is 0 Å². The molecule has 0 aliphatic carbocycles. The first-order valence-corrected chi connectivity index (χ1v) is 6.56. The van der Waals surface area contributed by atoms with Crippen LogP contribution in [0, 0.1) is 0 Å². The van der Waals surface area contributed by atoms with Gasteiger partial charge >= 0.3 is 0 Å². The van der Waals surface area contributed by atoms with E-state index in [1.54, 1.807) is 6.07 Å². The zero-order chi connectivity index (χ0) is 14.5. The average molecular weight is 278 g/mol. The summed E-state index contributed by atoms with van der Waals surface area (Å²) in [6, 6.07) is 1.72. The lowest BCUT2D eigenvalue weighted by Crippen LogP contribution is -2.36. The second-order valence-corrected chi connectivity index (χ2v) is 4.70. The highest BCUT2D eigenvalue weighted by Crippen LogP contribution is 2.33. The van der Waals surface area contributed by atoms with Gasteiger partial charge in [-0.15, -0.1) is 0 Å². The molecule has 20 heavy (non-hydrogen) atoms. The van der Waals surface area contributed by atoms with Crippen LogP contribution in [0.25, 0.3) is 0 Å². The number of rotatable bonds is 3. The maximum atomic E-state index is 11.8. The van der Waals surface area contributed by atoms with Crippen LogP contribution in [0.15, 0.2) is 12.3 Å². The topological polar surface area (TPSA) is 117 Å². The number of carbonyl (C=O) groups excluding carboxylic acids is 2. The first kappa shape index (κ1) is 14.4. The minimum absolute atomic E-state index is 0.136. The predicted molar refractivity (Wildman–Crippen MR) is 72.3 cm³/mol. The van der Waals surface area contributed by atoms with E-state index >= 15 is 0 Å². The van der Waals surface area contributed by atoms with Gasteiger partial charge in [0.2, 0.25) is 5.91 Å². The highest BCUT2D eigenvalue weighted by molar-refractivity contribution is 6.05. The highest BCUT2D eigenvalue weighted by atomic mass is 16.3. The molecule has 0 bridgehead atoms. The zero-order valence-corrected chi connectivity index (χ0v) is 11.1. The molecule has 1 aliphatic rings. The van der Waals surface area contributed by atoms with E-state index in [2.05, 4.69) is 15.6 Å². The van der Waals surface area contributed by atoms with Gasteiger partial charge in [0, 0.05) is 11.8 Å². The first-order chi connectivity index (χ1) is 9.63. The molecule has 0 radical (unpaired) electrons. The number of carbonyl (C=O) groups is 2. The van der Waals surface area contributed by atoms with E-state index < -0.39 is 11.8 Å². The quantitative estimate of drug-likeness (QED) is 0.590. The van der Waals surface area contributed by atoms with Crippen LogP contribution in [0.2, 0.25) is 0 Å². The summed E-state index contributed by atoms with van der Waals surface area (Å²) in [5.41, 5.74) is 5.69. The summed E-state index contributed by atoms with van der Waals surface area (Å²) < 4.78 is 0. The minimum atomic E-state index is -0.728. The lowest BCUT2D eigenvalue weighted by atomic mass is 9.89. The Labute approximate surface area is 116 Å². The Morgan fingerprint density at radius 3 is 2.80 bits per heavy atom. The Hall–Kier alpha value is -1.99. The Morgan fingerprint density at radius 2 is 2.15 bits per heavy atom. The predicted octanol–water partition coefficient (Wildman–Crippen LogP) is -0.531. The number of imide groups is 1. The van der Waals surface area contributed by atoms with Gasteiger partial charge in [-0.25, -0.2) is 4.98 Å². The standard InChI is InChI=1S/C13H18N4O3/c14-7-10(18)17-13(20)11-12(19)9(3-6-16-11)8-1-4-15-5-2-8/h3,6,8,15,19H,1-2,4-5,7,14H2,(H,17,18,20). The van der Waals surface area contributed by atoms with Crippen molar-refractivity contribution >= 4 is 11.8 Å². The molecule has 2 heterocycles. The molecule has 2 amide bonds. The van der Waals surface area contributed by atoms with Gasteiger partial charge in [-0.05, 0) is 37.9 Å². The zero-order valence-electron chi connectivity index (χ0n) is 11.1. The van der Waals surface area contributed by atoms with Gasteiger partial charge in [0.25, 0.3) is 5.91 Å². The fourth-order valence-electron chi connectivity index (χ4n) is 2.33. The van der Waals surface area contributed by atoms with Gasteiger partial charge in [-0.3, -0.25) is 14.9 Å². The largest absolute Gasteiger partial charge is 0.505 e. The van der Waals surface area contributed by atoms with Crippen molar-refractivity contribution in [1.82, 2.24) is 15.6 Å². The number of aromatic nitrogens is 1. The molecule has 1 aliphatic heterocycles. The molecule has 0 saturated carbocycles. The van der Waals surface area contributed by atoms with E-state index in [1.807, 2.05) is 0 Å². The average Bonchev–Trinajstić information content (AvgIpc) is 2.48. The molecule has 108 valence electrons. The minimum Gasteiger partial charge on any atom is -0.505 e. The molecule has 1 saturated heterocycles. The molecule has 0 atom stereocenters. The monoisotopic (exact) mass is 278 g/mol. The summed E-state index contributed by atoms with van der Waals surface area (Å²) in [7, 11) is 0. The van der Waals surface area contributed by atoms with Crippen LogP contribution in [0.4, 0.5) is 0 Å². The second-order valence-electron chi connectivity index (χ2n) is 4.70. The van der Waals surface area contributed by atoms with E-state index in [4.69, 9.17) is 5.73 Å². The molecule has 0 spiro atoms. The number of nitrogens with two attached hydrogens (primary N) is 1. The van der Waals surface area contributed by atoms with Crippen LogP contribution in [0.1, 0.15) is 34.8 Å². The molecule has 7 heteroatoms. The summed E-state index contributed by atoms with van der Waals surface area (Å²) >= 11 is 0. The number of nitrogens with one attached hydrogen (secondary N) is 2. The summed E-state index contributed by atoms with van der Waals surface area (Å²) in [6.45, 7) is 1.46. The highest BCUT2D eigenvalue weighted by Gasteiger charge is 2.23. The molecular weight excluding hydrogens is 260 g/mol. The lowest BCUT2D eigenvalue weighted by Gasteiger charge is -2.23. The van der Waals surface area contributed by atoms with Crippen LogP contribution >= 0.6 is 0 Å². The van der Waals surface area contributed by atoms with E-state index in [9.17, 15) is 14.7 Å². The number of hydrogen-bond acceptors (Lipinski definition) is 6. The van der Waals surface area contributed by atoms with Gasteiger partial charge in [0.15, 0.2) is 5.69 Å². The lowest BCUT2D eigenvalue weighted by molar-refractivity contribution is -0.118. The summed E-state index contributed by atoms with van der Waals surface area (Å²) in [5, 5.41) is 15.5. The van der Waals surface area contributed by atoms with Gasteiger partial charge in [-0.2, -0.15) is 0 Å². The number of amides is 2. The number of hydrogen-bond donors (Lipinski definition) is 4. The first-order valence-electron chi connectivity index (χ1n) is 6.56. The van der Waals surface area contributed by atoms with Crippen molar-refractivity contribution in [3.8, 4) is 5.75 Å². The molecule has 7 nitrogen and oxygen atoms in total. The molecular formula is C13H18N4O3. The molecule has 1 aromatic heterocycles. The molecule has 1 fully saturated rings. The number of nitrogens with zero attached hydrogens (tertiary/aromatic N) is 1.